The number of hydrogen-bond acceptors (Lipinski definition) is 4. The van der Waals surface area contributed by atoms with Crippen molar-refractivity contribution < 1.29 is 22.4 Å². The van der Waals surface area contributed by atoms with E-state index in [9.17, 15) is 22.4 Å². The smallest absolute Gasteiger partial charge is 0.321 e. The van der Waals surface area contributed by atoms with Gasteiger partial charge in [0, 0.05) is 5.56 Å². The number of carbonyl (C=O) groups excluding carboxylic acids is 1. The highest BCUT2D eigenvalue weighted by Crippen LogP contribution is 2.33. The van der Waals surface area contributed by atoms with E-state index in [4.69, 9.17) is 0 Å². The monoisotopic (exact) mass is 351 g/mol. The molecule has 0 bridgehead atoms. The van der Waals surface area contributed by atoms with E-state index in [0.29, 0.717) is 11.6 Å². The van der Waals surface area contributed by atoms with E-state index in [2.05, 4.69) is 25.9 Å². The van der Waals surface area contributed by atoms with Crippen LogP contribution in [0, 0.1) is 5.82 Å². The number of carbonyl (C=O) groups is 1. The standard InChI is InChI=1S/C15H9F4N5O/c16-12-9(5-3-6-10(12)15(17,18)19)14(25)20-11-7-2-1-4-8(11)13-21-23-24-22-13/h1-7H,(H,20,25)(H,21,22,23,24). The minimum atomic E-state index is -4.90. The molecule has 0 aliphatic rings. The van der Waals surface area contributed by atoms with Gasteiger partial charge in [0.2, 0.25) is 5.82 Å². The van der Waals surface area contributed by atoms with E-state index in [1.165, 1.54) is 6.07 Å². The minimum absolute atomic E-state index is 0.167. The van der Waals surface area contributed by atoms with Gasteiger partial charge in [0.1, 0.15) is 5.82 Å². The Kier molecular flexibility index (Phi) is 4.17. The minimum Gasteiger partial charge on any atom is -0.321 e. The topological polar surface area (TPSA) is 83.6 Å². The molecular weight excluding hydrogens is 342 g/mol. The number of nitrogens with zero attached hydrogens (tertiary/aromatic N) is 3. The molecule has 0 aliphatic heterocycles. The van der Waals surface area contributed by atoms with Crippen LogP contribution in [0.5, 0.6) is 0 Å². The zero-order chi connectivity index (χ0) is 18.0. The fraction of sp³-hybridized carbons (Fsp3) is 0.0667. The molecule has 0 saturated carbocycles. The van der Waals surface area contributed by atoms with Gasteiger partial charge in [-0.2, -0.15) is 18.4 Å². The first-order chi connectivity index (χ1) is 11.9. The third-order valence-electron chi connectivity index (χ3n) is 3.31. The fourth-order valence-corrected chi connectivity index (χ4v) is 2.18. The lowest BCUT2D eigenvalue weighted by Gasteiger charge is -2.12. The number of hydrogen-bond donors (Lipinski definition) is 2. The van der Waals surface area contributed by atoms with Crippen LogP contribution < -0.4 is 5.32 Å². The fourth-order valence-electron chi connectivity index (χ4n) is 2.18. The lowest BCUT2D eigenvalue weighted by molar-refractivity contribution is -0.140. The maximum absolute atomic E-state index is 14.1. The van der Waals surface area contributed by atoms with Crippen molar-refractivity contribution in [3.05, 3.63) is 59.4 Å². The Balaban J connectivity index is 1.95. The van der Waals surface area contributed by atoms with Crippen molar-refractivity contribution in [2.45, 2.75) is 6.18 Å². The maximum atomic E-state index is 14.1. The molecule has 3 rings (SSSR count). The molecule has 1 amide bonds. The van der Waals surface area contributed by atoms with Gasteiger partial charge < -0.3 is 5.32 Å². The summed E-state index contributed by atoms with van der Waals surface area (Å²) in [7, 11) is 0. The van der Waals surface area contributed by atoms with Crippen LogP contribution in [0.4, 0.5) is 23.2 Å². The van der Waals surface area contributed by atoms with Gasteiger partial charge in [-0.25, -0.2) is 4.39 Å². The Bertz CT molecular complexity index is 909. The Morgan fingerprint density at radius 2 is 1.84 bits per heavy atom. The van der Waals surface area contributed by atoms with Crippen molar-refractivity contribution in [3.8, 4) is 11.4 Å². The number of H-pyrrole nitrogens is 1. The molecule has 1 aromatic heterocycles. The van der Waals surface area contributed by atoms with Crippen LogP contribution >= 0.6 is 0 Å². The lowest BCUT2D eigenvalue weighted by atomic mass is 10.1. The van der Waals surface area contributed by atoms with Crippen LogP contribution in [-0.4, -0.2) is 26.5 Å². The van der Waals surface area contributed by atoms with E-state index in [-0.39, 0.29) is 11.5 Å². The Morgan fingerprint density at radius 1 is 1.08 bits per heavy atom. The molecule has 0 unspecified atom stereocenters. The second-order valence-electron chi connectivity index (χ2n) is 4.90. The van der Waals surface area contributed by atoms with Gasteiger partial charge in [-0.3, -0.25) is 4.79 Å². The summed E-state index contributed by atoms with van der Waals surface area (Å²) in [6.07, 6.45) is -4.90. The normalized spacial score (nSPS) is 11.4. The van der Waals surface area contributed by atoms with Crippen LogP contribution in [0.1, 0.15) is 15.9 Å². The van der Waals surface area contributed by atoms with Gasteiger partial charge >= 0.3 is 6.18 Å². The summed E-state index contributed by atoms with van der Waals surface area (Å²) in [5.74, 6) is -2.50. The van der Waals surface area contributed by atoms with E-state index in [0.717, 1.165) is 12.1 Å². The molecule has 25 heavy (non-hydrogen) atoms. The van der Waals surface area contributed by atoms with Gasteiger partial charge in [0.15, 0.2) is 0 Å². The summed E-state index contributed by atoms with van der Waals surface area (Å²) in [5, 5.41) is 15.5. The maximum Gasteiger partial charge on any atom is 0.419 e. The number of halogens is 4. The molecule has 0 aliphatic carbocycles. The van der Waals surface area contributed by atoms with Crippen LogP contribution in [0.3, 0.4) is 0 Å². The van der Waals surface area contributed by atoms with E-state index < -0.39 is 29.0 Å². The van der Waals surface area contributed by atoms with Gasteiger partial charge in [0.05, 0.1) is 16.8 Å². The third-order valence-corrected chi connectivity index (χ3v) is 3.31. The third kappa shape index (κ3) is 3.32. The van der Waals surface area contributed by atoms with Gasteiger partial charge in [-0.15, -0.1) is 10.2 Å². The van der Waals surface area contributed by atoms with E-state index in [1.54, 1.807) is 18.2 Å². The zero-order valence-corrected chi connectivity index (χ0v) is 12.3. The first-order valence-corrected chi connectivity index (χ1v) is 6.88. The van der Waals surface area contributed by atoms with Crippen LogP contribution in [0.2, 0.25) is 0 Å². The molecular formula is C15H9F4N5O. The first-order valence-electron chi connectivity index (χ1n) is 6.88. The summed E-state index contributed by atoms with van der Waals surface area (Å²) >= 11 is 0. The average molecular weight is 351 g/mol. The summed E-state index contributed by atoms with van der Waals surface area (Å²) in [5.41, 5.74) is -1.66. The number of aromatic amines is 1. The predicted molar refractivity (Wildman–Crippen MR) is 79.0 cm³/mol. The van der Waals surface area contributed by atoms with Crippen molar-refractivity contribution in [1.82, 2.24) is 20.6 Å². The SMILES string of the molecule is O=C(Nc1ccccc1-c1nn[nH]n1)c1cccc(C(F)(F)F)c1F. The number of tetrazole rings is 1. The number of alkyl halides is 3. The molecule has 0 radical (unpaired) electrons. The first kappa shape index (κ1) is 16.6. The highest BCUT2D eigenvalue weighted by molar-refractivity contribution is 6.06. The van der Waals surface area contributed by atoms with Crippen molar-refractivity contribution in [2.75, 3.05) is 5.32 Å². The number of amides is 1. The molecule has 6 nitrogen and oxygen atoms in total. The quantitative estimate of drug-likeness (QED) is 0.710. The van der Waals surface area contributed by atoms with E-state index in [1.807, 2.05) is 0 Å². The molecule has 0 fully saturated rings. The number of rotatable bonds is 3. The van der Waals surface area contributed by atoms with Crippen LogP contribution in [-0.2, 0) is 6.18 Å². The van der Waals surface area contributed by atoms with Crippen molar-refractivity contribution >= 4 is 11.6 Å². The molecule has 1 heterocycles. The number of benzene rings is 2. The second kappa shape index (κ2) is 6.30. The Labute approximate surface area is 137 Å². The second-order valence-corrected chi connectivity index (χ2v) is 4.90. The Hall–Kier alpha value is -3.30. The molecule has 10 heteroatoms. The number of aromatic nitrogens is 4. The molecule has 128 valence electrons. The lowest BCUT2D eigenvalue weighted by Crippen LogP contribution is -2.18. The molecule has 0 spiro atoms. The Morgan fingerprint density at radius 3 is 2.52 bits per heavy atom. The van der Waals surface area contributed by atoms with Gasteiger partial charge in [-0.05, 0) is 29.5 Å². The molecule has 2 aromatic carbocycles. The van der Waals surface area contributed by atoms with Crippen LogP contribution in [0.25, 0.3) is 11.4 Å². The van der Waals surface area contributed by atoms with Crippen molar-refractivity contribution in [2.24, 2.45) is 0 Å². The predicted octanol–water partition coefficient (Wildman–Crippen LogP) is 3.28. The number of nitrogens with one attached hydrogen (secondary N) is 2. The highest BCUT2D eigenvalue weighted by atomic mass is 19.4. The highest BCUT2D eigenvalue weighted by Gasteiger charge is 2.35. The molecule has 3 aromatic rings. The summed E-state index contributed by atoms with van der Waals surface area (Å²) in [6.45, 7) is 0. The van der Waals surface area contributed by atoms with Gasteiger partial charge in [0.25, 0.3) is 5.91 Å². The largest absolute Gasteiger partial charge is 0.419 e. The van der Waals surface area contributed by atoms with Gasteiger partial charge in [-0.1, -0.05) is 18.2 Å². The molecule has 0 atom stereocenters. The summed E-state index contributed by atoms with van der Waals surface area (Å²) < 4.78 is 52.4. The number of para-hydroxylation sites is 1. The van der Waals surface area contributed by atoms with E-state index >= 15 is 0 Å². The summed E-state index contributed by atoms with van der Waals surface area (Å²) in [4.78, 5) is 12.3. The summed E-state index contributed by atoms with van der Waals surface area (Å²) in [6, 6.07) is 8.79. The zero-order valence-electron chi connectivity index (χ0n) is 12.3. The van der Waals surface area contributed by atoms with Crippen molar-refractivity contribution in [1.29, 1.82) is 0 Å². The average Bonchev–Trinajstić information content (AvgIpc) is 3.08. The number of anilines is 1. The van der Waals surface area contributed by atoms with Crippen LogP contribution in [0.15, 0.2) is 42.5 Å². The van der Waals surface area contributed by atoms with Crippen molar-refractivity contribution in [3.63, 3.8) is 0 Å². The molecule has 2 N–H and O–H groups in total. The molecule has 0 saturated heterocycles.